The largest absolute Gasteiger partial charge is 0.299 e. The van der Waals surface area contributed by atoms with Gasteiger partial charge in [0.1, 0.15) is 0 Å². The topological polar surface area (TPSA) is 19.4 Å². The Bertz CT molecular complexity index is 376. The van der Waals surface area contributed by atoms with Crippen molar-refractivity contribution in [3.05, 3.63) is 15.5 Å². The maximum atomic E-state index is 5.86. The van der Waals surface area contributed by atoms with Gasteiger partial charge in [-0.25, -0.2) is 4.98 Å². The van der Waals surface area contributed by atoms with E-state index in [1.807, 2.05) is 6.20 Å². The highest BCUT2D eigenvalue weighted by molar-refractivity contribution is 7.15. The number of aromatic nitrogens is 1. The van der Waals surface area contributed by atoms with Crippen molar-refractivity contribution in [1.29, 1.82) is 0 Å². The minimum Gasteiger partial charge on any atom is -0.299 e. The minimum atomic E-state index is 0.662. The van der Waals surface area contributed by atoms with Crippen molar-refractivity contribution in [1.82, 2.24) is 14.8 Å². The summed E-state index contributed by atoms with van der Waals surface area (Å²) >= 11 is 7.47. The van der Waals surface area contributed by atoms with E-state index in [1.54, 1.807) is 11.3 Å². The Morgan fingerprint density at radius 3 is 2.88 bits per heavy atom. The molecule has 2 aliphatic rings. The zero-order chi connectivity index (χ0) is 11.7. The van der Waals surface area contributed by atoms with Crippen LogP contribution in [-0.2, 0) is 6.54 Å². The Morgan fingerprint density at radius 1 is 1.35 bits per heavy atom. The summed E-state index contributed by atoms with van der Waals surface area (Å²) in [4.78, 5) is 10.6. The molecule has 3 rings (SSSR count). The van der Waals surface area contributed by atoms with Crippen LogP contribution in [0.15, 0.2) is 6.20 Å². The smallest absolute Gasteiger partial charge is 0.183 e. The summed E-state index contributed by atoms with van der Waals surface area (Å²) in [6.45, 7) is 6.08. The molecule has 2 saturated heterocycles. The molecule has 3 heterocycles. The van der Waals surface area contributed by atoms with E-state index in [-0.39, 0.29) is 0 Å². The van der Waals surface area contributed by atoms with Crippen molar-refractivity contribution in [2.75, 3.05) is 26.2 Å². The van der Waals surface area contributed by atoms with Crippen molar-refractivity contribution in [3.8, 4) is 0 Å². The average molecular weight is 272 g/mol. The van der Waals surface area contributed by atoms with Crippen molar-refractivity contribution in [2.24, 2.45) is 0 Å². The highest BCUT2D eigenvalue weighted by Gasteiger charge is 2.29. The van der Waals surface area contributed by atoms with Gasteiger partial charge in [0.15, 0.2) is 4.47 Å². The first kappa shape index (κ1) is 11.9. The van der Waals surface area contributed by atoms with Crippen LogP contribution in [0.3, 0.4) is 0 Å². The van der Waals surface area contributed by atoms with Gasteiger partial charge in [-0.1, -0.05) is 11.6 Å². The molecule has 1 unspecified atom stereocenters. The molecule has 0 N–H and O–H groups in total. The first-order valence-electron chi connectivity index (χ1n) is 6.38. The maximum absolute atomic E-state index is 5.86. The van der Waals surface area contributed by atoms with Gasteiger partial charge in [0, 0.05) is 36.8 Å². The van der Waals surface area contributed by atoms with Crippen LogP contribution in [0.1, 0.15) is 24.1 Å². The zero-order valence-electron chi connectivity index (χ0n) is 9.94. The number of thiazole rings is 1. The van der Waals surface area contributed by atoms with Crippen molar-refractivity contribution >= 4 is 22.9 Å². The second-order valence-corrected chi connectivity index (χ2v) is 6.70. The fraction of sp³-hybridized carbons (Fsp3) is 0.750. The van der Waals surface area contributed by atoms with Crippen LogP contribution in [0, 0.1) is 0 Å². The van der Waals surface area contributed by atoms with Crippen LogP contribution < -0.4 is 0 Å². The number of hydrogen-bond donors (Lipinski definition) is 0. The Kier molecular flexibility index (Phi) is 3.66. The van der Waals surface area contributed by atoms with Crippen molar-refractivity contribution in [2.45, 2.75) is 31.8 Å². The first-order chi connectivity index (χ1) is 8.31. The molecule has 5 heteroatoms. The molecule has 94 valence electrons. The van der Waals surface area contributed by atoms with Gasteiger partial charge in [-0.2, -0.15) is 0 Å². The van der Waals surface area contributed by atoms with E-state index in [2.05, 4.69) is 14.8 Å². The van der Waals surface area contributed by atoms with Gasteiger partial charge in [-0.3, -0.25) is 9.80 Å². The van der Waals surface area contributed by atoms with Gasteiger partial charge in [0.2, 0.25) is 0 Å². The summed E-state index contributed by atoms with van der Waals surface area (Å²) in [6.07, 6.45) is 6.02. The van der Waals surface area contributed by atoms with Crippen LogP contribution in [0.4, 0.5) is 0 Å². The summed E-state index contributed by atoms with van der Waals surface area (Å²) in [7, 11) is 0. The highest BCUT2D eigenvalue weighted by atomic mass is 35.5. The normalized spacial score (nSPS) is 27.0. The van der Waals surface area contributed by atoms with E-state index in [0.29, 0.717) is 4.47 Å². The minimum absolute atomic E-state index is 0.662. The molecule has 2 fully saturated rings. The molecule has 0 spiro atoms. The lowest BCUT2D eigenvalue weighted by atomic mass is 10.2. The van der Waals surface area contributed by atoms with E-state index in [0.717, 1.165) is 12.6 Å². The van der Waals surface area contributed by atoms with Gasteiger partial charge in [0.25, 0.3) is 0 Å². The van der Waals surface area contributed by atoms with Gasteiger partial charge < -0.3 is 0 Å². The molecule has 0 saturated carbocycles. The standard InChI is InChI=1S/C12H18ClN3S/c13-12-14-7-11(17-12)9-15-6-3-10(8-15)16-4-1-2-5-16/h7,10H,1-6,8-9H2. The van der Waals surface area contributed by atoms with Crippen LogP contribution >= 0.6 is 22.9 Å². The summed E-state index contributed by atoms with van der Waals surface area (Å²) < 4.78 is 0.662. The third-order valence-electron chi connectivity index (χ3n) is 3.81. The summed E-state index contributed by atoms with van der Waals surface area (Å²) in [5.41, 5.74) is 0. The molecule has 1 aromatic heterocycles. The Balaban J connectivity index is 1.53. The van der Waals surface area contributed by atoms with Gasteiger partial charge in [0.05, 0.1) is 0 Å². The molecule has 0 aliphatic carbocycles. The van der Waals surface area contributed by atoms with E-state index in [4.69, 9.17) is 11.6 Å². The third kappa shape index (κ3) is 2.81. The second-order valence-electron chi connectivity index (χ2n) is 5.00. The Labute approximate surface area is 111 Å². The molecule has 0 aromatic carbocycles. The number of rotatable bonds is 3. The average Bonchev–Trinajstić information content (AvgIpc) is 3.00. The lowest BCUT2D eigenvalue weighted by molar-refractivity contribution is 0.230. The maximum Gasteiger partial charge on any atom is 0.183 e. The molecular weight excluding hydrogens is 254 g/mol. The molecule has 17 heavy (non-hydrogen) atoms. The molecule has 1 atom stereocenters. The SMILES string of the molecule is Clc1ncc(CN2CCC(N3CCCC3)C2)s1. The lowest BCUT2D eigenvalue weighted by Crippen LogP contribution is -2.35. The van der Waals surface area contributed by atoms with Crippen LogP contribution in [0.25, 0.3) is 0 Å². The second kappa shape index (κ2) is 5.22. The molecule has 0 radical (unpaired) electrons. The summed E-state index contributed by atoms with van der Waals surface area (Å²) in [5, 5.41) is 0. The Hall–Kier alpha value is -0.160. The fourth-order valence-corrected chi connectivity index (χ4v) is 3.96. The molecular formula is C12H18ClN3S. The van der Waals surface area contributed by atoms with Crippen LogP contribution in [-0.4, -0.2) is 47.0 Å². The van der Waals surface area contributed by atoms with Crippen LogP contribution in [0.2, 0.25) is 4.47 Å². The fourth-order valence-electron chi connectivity index (χ4n) is 2.94. The molecule has 0 bridgehead atoms. The number of halogens is 1. The molecule has 3 nitrogen and oxygen atoms in total. The molecule has 1 aromatic rings. The highest BCUT2D eigenvalue weighted by Crippen LogP contribution is 2.24. The lowest BCUT2D eigenvalue weighted by Gasteiger charge is -2.23. The number of nitrogens with zero attached hydrogens (tertiary/aromatic N) is 3. The zero-order valence-corrected chi connectivity index (χ0v) is 11.5. The van der Waals surface area contributed by atoms with Crippen LogP contribution in [0.5, 0.6) is 0 Å². The predicted molar refractivity (Wildman–Crippen MR) is 71.6 cm³/mol. The number of likely N-dealkylation sites (tertiary alicyclic amines) is 2. The Morgan fingerprint density at radius 2 is 2.18 bits per heavy atom. The molecule has 0 amide bonds. The van der Waals surface area contributed by atoms with E-state index in [1.165, 1.54) is 50.3 Å². The van der Waals surface area contributed by atoms with Crippen molar-refractivity contribution < 1.29 is 0 Å². The van der Waals surface area contributed by atoms with E-state index < -0.39 is 0 Å². The predicted octanol–water partition coefficient (Wildman–Crippen LogP) is 2.47. The van der Waals surface area contributed by atoms with Crippen molar-refractivity contribution in [3.63, 3.8) is 0 Å². The summed E-state index contributed by atoms with van der Waals surface area (Å²) in [6, 6.07) is 0.792. The van der Waals surface area contributed by atoms with E-state index in [9.17, 15) is 0 Å². The van der Waals surface area contributed by atoms with Gasteiger partial charge in [-0.05, 0) is 32.4 Å². The van der Waals surface area contributed by atoms with E-state index >= 15 is 0 Å². The third-order valence-corrected chi connectivity index (χ3v) is 4.91. The number of hydrogen-bond acceptors (Lipinski definition) is 4. The first-order valence-corrected chi connectivity index (χ1v) is 7.57. The molecule has 2 aliphatic heterocycles. The quantitative estimate of drug-likeness (QED) is 0.842. The van der Waals surface area contributed by atoms with Gasteiger partial charge >= 0.3 is 0 Å². The van der Waals surface area contributed by atoms with Gasteiger partial charge in [-0.15, -0.1) is 11.3 Å². The monoisotopic (exact) mass is 271 g/mol. The summed E-state index contributed by atoms with van der Waals surface area (Å²) in [5.74, 6) is 0.